The van der Waals surface area contributed by atoms with E-state index in [1.54, 1.807) is 0 Å². The average molecular weight is 300 g/mol. The van der Waals surface area contributed by atoms with E-state index in [0.717, 1.165) is 0 Å². The summed E-state index contributed by atoms with van der Waals surface area (Å²) in [6.07, 6.45) is 0. The molecule has 20 heavy (non-hydrogen) atoms. The molecular weight excluding hydrogens is 284 g/mol. The van der Waals surface area contributed by atoms with Crippen LogP contribution in [0.3, 0.4) is 0 Å². The van der Waals surface area contributed by atoms with E-state index in [-0.39, 0.29) is 5.56 Å². The molecule has 7 nitrogen and oxygen atoms in total. The minimum absolute atomic E-state index is 0.00754. The van der Waals surface area contributed by atoms with E-state index < -0.39 is 33.2 Å². The lowest BCUT2D eigenvalue weighted by molar-refractivity contribution is -0.122. The number of hydrogen-bond acceptors (Lipinski definition) is 4. The van der Waals surface area contributed by atoms with Gasteiger partial charge in [-0.3, -0.25) is 4.79 Å². The van der Waals surface area contributed by atoms with E-state index in [2.05, 4.69) is 4.72 Å². The maximum atomic E-state index is 11.9. The number of benzene rings is 1. The van der Waals surface area contributed by atoms with Crippen LogP contribution in [0.15, 0.2) is 24.3 Å². The molecule has 0 aliphatic rings. The predicted octanol–water partition coefficient (Wildman–Crippen LogP) is 0.0681. The highest BCUT2D eigenvalue weighted by molar-refractivity contribution is 7.88. The highest BCUT2D eigenvalue weighted by Crippen LogP contribution is 2.11. The van der Waals surface area contributed by atoms with Crippen molar-refractivity contribution in [1.29, 1.82) is 0 Å². The van der Waals surface area contributed by atoms with Gasteiger partial charge < -0.3 is 10.8 Å². The van der Waals surface area contributed by atoms with E-state index in [1.807, 2.05) is 0 Å². The lowest BCUT2D eigenvalue weighted by Crippen LogP contribution is -2.53. The van der Waals surface area contributed by atoms with Crippen LogP contribution in [0.1, 0.15) is 29.8 Å². The number of aromatic carboxylic acids is 1. The topological polar surface area (TPSA) is 127 Å². The van der Waals surface area contributed by atoms with Gasteiger partial charge in [0.1, 0.15) is 5.54 Å². The van der Waals surface area contributed by atoms with Crippen molar-refractivity contribution >= 4 is 21.9 Å². The van der Waals surface area contributed by atoms with Gasteiger partial charge in [0.05, 0.1) is 11.3 Å². The summed E-state index contributed by atoms with van der Waals surface area (Å²) in [5.74, 6) is -2.39. The summed E-state index contributed by atoms with van der Waals surface area (Å²) in [6.45, 7) is 2.70. The Morgan fingerprint density at radius 1 is 1.35 bits per heavy atom. The fourth-order valence-electron chi connectivity index (χ4n) is 1.49. The third-order valence-electron chi connectivity index (χ3n) is 2.56. The molecule has 1 aromatic rings. The molecule has 1 aromatic carbocycles. The molecule has 8 heteroatoms. The number of carbonyl (C=O) groups is 2. The van der Waals surface area contributed by atoms with E-state index in [0.29, 0.717) is 5.56 Å². The Labute approximate surface area is 116 Å². The van der Waals surface area contributed by atoms with Crippen molar-refractivity contribution in [3.8, 4) is 0 Å². The summed E-state index contributed by atoms with van der Waals surface area (Å²) in [7, 11) is -3.82. The zero-order chi connectivity index (χ0) is 15.6. The van der Waals surface area contributed by atoms with Crippen LogP contribution in [0.5, 0.6) is 0 Å². The average Bonchev–Trinajstić information content (AvgIpc) is 2.26. The molecule has 0 radical (unpaired) electrons. The van der Waals surface area contributed by atoms with E-state index in [4.69, 9.17) is 10.8 Å². The Balaban J connectivity index is 2.95. The Bertz CT molecular complexity index is 637. The first-order chi connectivity index (χ1) is 9.03. The number of amides is 1. The van der Waals surface area contributed by atoms with Gasteiger partial charge in [0.15, 0.2) is 0 Å². The smallest absolute Gasteiger partial charge is 0.335 e. The fraction of sp³-hybridized carbons (Fsp3) is 0.333. The molecule has 0 fully saturated rings. The maximum Gasteiger partial charge on any atom is 0.335 e. The van der Waals surface area contributed by atoms with Crippen LogP contribution in [0.4, 0.5) is 0 Å². The normalized spacial score (nSPS) is 12.1. The molecule has 0 spiro atoms. The summed E-state index contributed by atoms with van der Waals surface area (Å²) < 4.78 is 26.0. The van der Waals surface area contributed by atoms with Crippen molar-refractivity contribution in [3.63, 3.8) is 0 Å². The first-order valence-corrected chi connectivity index (χ1v) is 7.32. The second-order valence-corrected chi connectivity index (χ2v) is 6.58. The van der Waals surface area contributed by atoms with Crippen LogP contribution in [0.2, 0.25) is 0 Å². The molecule has 0 bridgehead atoms. The summed E-state index contributed by atoms with van der Waals surface area (Å²) in [5.41, 5.74) is 3.97. The van der Waals surface area contributed by atoms with Gasteiger partial charge in [-0.15, -0.1) is 0 Å². The van der Waals surface area contributed by atoms with Crippen LogP contribution in [-0.4, -0.2) is 30.9 Å². The molecule has 0 unspecified atom stereocenters. The summed E-state index contributed by atoms with van der Waals surface area (Å²) >= 11 is 0. The predicted molar refractivity (Wildman–Crippen MR) is 72.4 cm³/mol. The van der Waals surface area contributed by atoms with E-state index >= 15 is 0 Å². The lowest BCUT2D eigenvalue weighted by atomic mass is 10.1. The van der Waals surface area contributed by atoms with E-state index in [9.17, 15) is 18.0 Å². The van der Waals surface area contributed by atoms with Crippen molar-refractivity contribution in [2.75, 3.05) is 0 Å². The van der Waals surface area contributed by atoms with Crippen LogP contribution < -0.4 is 10.5 Å². The molecule has 0 aliphatic carbocycles. The van der Waals surface area contributed by atoms with Gasteiger partial charge in [0.2, 0.25) is 15.9 Å². The highest BCUT2D eigenvalue weighted by Gasteiger charge is 2.30. The van der Waals surface area contributed by atoms with Gasteiger partial charge in [-0.2, -0.15) is 4.72 Å². The van der Waals surface area contributed by atoms with Gasteiger partial charge >= 0.3 is 5.97 Å². The Hall–Kier alpha value is -1.93. The minimum Gasteiger partial charge on any atom is -0.478 e. The number of carboxylic acid groups (broad SMARTS) is 1. The molecule has 110 valence electrons. The summed E-state index contributed by atoms with van der Waals surface area (Å²) in [5, 5.41) is 8.84. The zero-order valence-electron chi connectivity index (χ0n) is 11.1. The Kier molecular flexibility index (Phi) is 4.51. The number of carboxylic acids is 1. The number of rotatable bonds is 6. The highest BCUT2D eigenvalue weighted by atomic mass is 32.2. The molecular formula is C12H16N2O5S. The Morgan fingerprint density at radius 3 is 2.45 bits per heavy atom. The van der Waals surface area contributed by atoms with E-state index in [1.165, 1.54) is 38.1 Å². The molecule has 0 heterocycles. The van der Waals surface area contributed by atoms with Crippen molar-refractivity contribution in [3.05, 3.63) is 35.4 Å². The minimum atomic E-state index is -3.82. The number of nitrogens with one attached hydrogen (secondary N) is 1. The maximum absolute atomic E-state index is 11.9. The molecule has 4 N–H and O–H groups in total. The number of primary amides is 1. The van der Waals surface area contributed by atoms with Gasteiger partial charge in [-0.25, -0.2) is 13.2 Å². The molecule has 0 saturated heterocycles. The monoisotopic (exact) mass is 300 g/mol. The second kappa shape index (κ2) is 5.59. The van der Waals surface area contributed by atoms with Crippen LogP contribution >= 0.6 is 0 Å². The first kappa shape index (κ1) is 16.1. The van der Waals surface area contributed by atoms with Gasteiger partial charge in [-0.05, 0) is 31.5 Å². The first-order valence-electron chi connectivity index (χ1n) is 5.67. The van der Waals surface area contributed by atoms with Gasteiger partial charge in [0, 0.05) is 0 Å². The number of carbonyl (C=O) groups excluding carboxylic acids is 1. The van der Waals surface area contributed by atoms with Gasteiger partial charge in [-0.1, -0.05) is 12.1 Å². The number of sulfonamides is 1. The molecule has 1 amide bonds. The molecule has 0 aliphatic heterocycles. The number of hydrogen-bond donors (Lipinski definition) is 3. The zero-order valence-corrected chi connectivity index (χ0v) is 11.9. The van der Waals surface area contributed by atoms with Crippen molar-refractivity contribution < 1.29 is 23.1 Å². The third kappa shape index (κ3) is 4.32. The fourth-order valence-corrected chi connectivity index (χ4v) is 3.06. The van der Waals surface area contributed by atoms with Gasteiger partial charge in [0.25, 0.3) is 0 Å². The molecule has 0 saturated carbocycles. The molecule has 0 atom stereocenters. The molecule has 1 rings (SSSR count). The quantitative estimate of drug-likeness (QED) is 0.685. The Morgan fingerprint density at radius 2 is 1.95 bits per heavy atom. The lowest BCUT2D eigenvalue weighted by Gasteiger charge is -2.22. The standard InChI is InChI=1S/C12H16N2O5S/c1-12(2,11(13)17)14-20(18,19)7-8-4-3-5-9(6-8)10(15)16/h3-6,14H,7H2,1-2H3,(H2,13,17)(H,15,16). The second-order valence-electron chi connectivity index (χ2n) is 4.86. The van der Waals surface area contributed by atoms with Crippen LogP contribution in [0.25, 0.3) is 0 Å². The SMILES string of the molecule is CC(C)(NS(=O)(=O)Cc1cccc(C(=O)O)c1)C(N)=O. The van der Waals surface area contributed by atoms with Crippen LogP contribution in [0, 0.1) is 0 Å². The van der Waals surface area contributed by atoms with Crippen molar-refractivity contribution in [2.24, 2.45) is 5.73 Å². The van der Waals surface area contributed by atoms with Crippen LogP contribution in [-0.2, 0) is 20.6 Å². The molecule has 0 aromatic heterocycles. The van der Waals surface area contributed by atoms with Crippen molar-refractivity contribution in [2.45, 2.75) is 25.1 Å². The summed E-state index contributed by atoms with van der Waals surface area (Å²) in [6, 6.07) is 5.56. The third-order valence-corrected chi connectivity index (χ3v) is 4.09. The largest absolute Gasteiger partial charge is 0.478 e. The summed E-state index contributed by atoms with van der Waals surface area (Å²) in [4.78, 5) is 21.9. The van der Waals surface area contributed by atoms with Crippen molar-refractivity contribution in [1.82, 2.24) is 4.72 Å². The number of nitrogens with two attached hydrogens (primary N) is 1.